The summed E-state index contributed by atoms with van der Waals surface area (Å²) in [4.78, 5) is 18.2. The van der Waals surface area contributed by atoms with Crippen LogP contribution < -0.4 is 19.6 Å². The zero-order valence-electron chi connectivity index (χ0n) is 18.5. The first kappa shape index (κ1) is 23.4. The van der Waals surface area contributed by atoms with Gasteiger partial charge in [0.15, 0.2) is 10.7 Å². The zero-order chi connectivity index (χ0) is 24.4. The molecular weight excluding hydrogens is 503 g/mol. The lowest BCUT2D eigenvalue weighted by molar-refractivity contribution is 0.216. The van der Waals surface area contributed by atoms with E-state index in [1.54, 1.807) is 22.6 Å². The Morgan fingerprint density at radius 1 is 1.00 bits per heavy atom. The number of imidazole rings is 1. The van der Waals surface area contributed by atoms with Gasteiger partial charge in [-0.25, -0.2) is 9.38 Å². The Balaban J connectivity index is 1.33. The molecule has 8 heteroatoms. The predicted octanol–water partition coefficient (Wildman–Crippen LogP) is 5.95. The van der Waals surface area contributed by atoms with Crippen molar-refractivity contribution in [1.82, 2.24) is 9.38 Å². The minimum atomic E-state index is -0.125. The first-order valence-corrected chi connectivity index (χ1v) is 12.5. The van der Waals surface area contributed by atoms with Gasteiger partial charge in [-0.05, 0) is 54.0 Å². The Bertz CT molecular complexity index is 1640. The summed E-state index contributed by atoms with van der Waals surface area (Å²) in [5, 5.41) is 0.713. The highest BCUT2D eigenvalue weighted by atomic mass is 35.5. The molecule has 0 spiro atoms. The fraction of sp³-hybridized carbons (Fsp3) is 0.111. The predicted molar refractivity (Wildman–Crippen MR) is 143 cm³/mol. The molecule has 0 aliphatic carbocycles. The quantitative estimate of drug-likeness (QED) is 0.186. The van der Waals surface area contributed by atoms with Crippen LogP contribution in [0.4, 0.5) is 0 Å². The normalized spacial score (nSPS) is 11.9. The Kier molecular flexibility index (Phi) is 6.77. The van der Waals surface area contributed by atoms with E-state index in [4.69, 9.17) is 32.7 Å². The first-order chi connectivity index (χ1) is 17.0. The van der Waals surface area contributed by atoms with E-state index < -0.39 is 0 Å². The molecule has 176 valence electrons. The Labute approximate surface area is 215 Å². The number of ether oxygens (including phenoxy) is 2. The standard InChI is InChI=1S/C27H20Cl2N2O3S/c1-2-7-18-8-3-6-11-23(18)33-12-13-34-25-19(28)14-17(15-20(25)29)16-24-26(32)31-22-10-5-4-9-21(22)30-27(31)35-24/h2-6,8-11,14-16H,1,7,12-13H2/b24-16-. The van der Waals surface area contributed by atoms with Gasteiger partial charge in [0.25, 0.3) is 5.56 Å². The summed E-state index contributed by atoms with van der Waals surface area (Å²) < 4.78 is 13.8. The summed E-state index contributed by atoms with van der Waals surface area (Å²) in [6.07, 6.45) is 4.32. The van der Waals surface area contributed by atoms with Gasteiger partial charge >= 0.3 is 0 Å². The minimum absolute atomic E-state index is 0.125. The third-order valence-corrected chi connectivity index (χ3v) is 6.92. The lowest BCUT2D eigenvalue weighted by atomic mass is 10.1. The molecule has 0 saturated carbocycles. The van der Waals surface area contributed by atoms with Crippen LogP contribution in [0.5, 0.6) is 11.5 Å². The number of hydrogen-bond acceptors (Lipinski definition) is 5. The molecule has 0 N–H and O–H groups in total. The highest BCUT2D eigenvalue weighted by Crippen LogP contribution is 2.34. The molecule has 3 aromatic carbocycles. The molecule has 0 aliphatic heterocycles. The van der Waals surface area contributed by atoms with Crippen LogP contribution >= 0.6 is 34.5 Å². The average molecular weight is 523 g/mol. The van der Waals surface area contributed by atoms with E-state index in [2.05, 4.69) is 11.6 Å². The van der Waals surface area contributed by atoms with E-state index in [-0.39, 0.29) is 12.2 Å². The number of rotatable bonds is 8. The van der Waals surface area contributed by atoms with Crippen molar-refractivity contribution in [2.45, 2.75) is 6.42 Å². The molecule has 2 aromatic heterocycles. The number of nitrogens with zero attached hydrogens (tertiary/aromatic N) is 2. The molecule has 0 fully saturated rings. The van der Waals surface area contributed by atoms with Gasteiger partial charge in [-0.3, -0.25) is 4.79 Å². The van der Waals surface area contributed by atoms with Crippen molar-refractivity contribution in [2.24, 2.45) is 0 Å². The Hall–Kier alpha value is -3.32. The number of para-hydroxylation sites is 3. The van der Waals surface area contributed by atoms with Crippen molar-refractivity contribution < 1.29 is 9.47 Å². The molecule has 5 rings (SSSR count). The van der Waals surface area contributed by atoms with Gasteiger partial charge in [-0.2, -0.15) is 0 Å². The summed E-state index contributed by atoms with van der Waals surface area (Å²) in [6.45, 7) is 4.38. The number of thiazole rings is 1. The molecule has 35 heavy (non-hydrogen) atoms. The number of benzene rings is 3. The lowest BCUT2D eigenvalue weighted by Gasteiger charge is -2.13. The van der Waals surface area contributed by atoms with E-state index in [9.17, 15) is 4.79 Å². The maximum absolute atomic E-state index is 13.0. The average Bonchev–Trinajstić information content (AvgIpc) is 3.35. The van der Waals surface area contributed by atoms with E-state index in [0.717, 1.165) is 28.8 Å². The molecule has 0 amide bonds. The summed E-state index contributed by atoms with van der Waals surface area (Å²) in [5.41, 5.74) is 3.22. The van der Waals surface area contributed by atoms with E-state index in [1.807, 2.05) is 54.6 Å². The molecule has 0 radical (unpaired) electrons. The van der Waals surface area contributed by atoms with Gasteiger partial charge in [-0.15, -0.1) is 6.58 Å². The number of hydrogen-bond donors (Lipinski definition) is 0. The summed E-state index contributed by atoms with van der Waals surface area (Å²) in [7, 11) is 0. The number of fused-ring (bicyclic) bond motifs is 3. The van der Waals surface area contributed by atoms with E-state index >= 15 is 0 Å². The second-order valence-electron chi connectivity index (χ2n) is 7.75. The number of halogens is 2. The smallest absolute Gasteiger partial charge is 0.274 e. The maximum Gasteiger partial charge on any atom is 0.274 e. The van der Waals surface area contributed by atoms with Crippen molar-refractivity contribution in [2.75, 3.05) is 13.2 Å². The monoisotopic (exact) mass is 522 g/mol. The van der Waals surface area contributed by atoms with Crippen LogP contribution in [-0.4, -0.2) is 22.6 Å². The van der Waals surface area contributed by atoms with Crippen LogP contribution in [0.25, 0.3) is 22.1 Å². The Morgan fingerprint density at radius 2 is 1.71 bits per heavy atom. The fourth-order valence-corrected chi connectivity index (χ4v) is 5.43. The third-order valence-electron chi connectivity index (χ3n) is 5.39. The molecule has 5 aromatic rings. The molecule has 0 unspecified atom stereocenters. The topological polar surface area (TPSA) is 52.8 Å². The van der Waals surface area contributed by atoms with Crippen LogP contribution in [0.2, 0.25) is 10.0 Å². The maximum atomic E-state index is 13.0. The first-order valence-electron chi connectivity index (χ1n) is 10.9. The van der Waals surface area contributed by atoms with Crippen LogP contribution in [0.1, 0.15) is 11.1 Å². The van der Waals surface area contributed by atoms with Crippen molar-refractivity contribution >= 4 is 56.6 Å². The lowest BCUT2D eigenvalue weighted by Crippen LogP contribution is -2.22. The SMILES string of the molecule is C=CCc1ccccc1OCCOc1c(Cl)cc(/C=c2\sc3nc4ccccc4n3c2=O)cc1Cl. The van der Waals surface area contributed by atoms with Crippen LogP contribution in [0, 0.1) is 0 Å². The molecule has 2 heterocycles. The van der Waals surface area contributed by atoms with Crippen LogP contribution in [-0.2, 0) is 6.42 Å². The Morgan fingerprint density at radius 3 is 2.51 bits per heavy atom. The van der Waals surface area contributed by atoms with Gasteiger partial charge in [0, 0.05) is 0 Å². The van der Waals surface area contributed by atoms with Gasteiger partial charge in [0.2, 0.25) is 0 Å². The van der Waals surface area contributed by atoms with Gasteiger partial charge in [0.05, 0.1) is 25.6 Å². The molecule has 0 aliphatic rings. The van der Waals surface area contributed by atoms with Gasteiger partial charge in [-0.1, -0.05) is 70.9 Å². The molecule has 0 bridgehead atoms. The van der Waals surface area contributed by atoms with Crippen molar-refractivity contribution in [3.8, 4) is 11.5 Å². The molecular formula is C27H20Cl2N2O3S. The van der Waals surface area contributed by atoms with Crippen molar-refractivity contribution in [1.29, 1.82) is 0 Å². The van der Waals surface area contributed by atoms with Crippen LogP contribution in [0.3, 0.4) is 0 Å². The highest BCUT2D eigenvalue weighted by Gasteiger charge is 2.13. The minimum Gasteiger partial charge on any atom is -0.490 e. The molecule has 0 atom stereocenters. The number of allylic oxidation sites excluding steroid dienone is 1. The molecule has 5 nitrogen and oxygen atoms in total. The van der Waals surface area contributed by atoms with Crippen molar-refractivity contribution in [3.05, 3.63) is 109 Å². The second-order valence-corrected chi connectivity index (χ2v) is 9.57. The summed E-state index contributed by atoms with van der Waals surface area (Å²) in [5.74, 6) is 1.17. The number of aromatic nitrogens is 2. The van der Waals surface area contributed by atoms with Crippen molar-refractivity contribution in [3.63, 3.8) is 0 Å². The highest BCUT2D eigenvalue weighted by molar-refractivity contribution is 7.15. The van der Waals surface area contributed by atoms with E-state index in [0.29, 0.717) is 37.5 Å². The van der Waals surface area contributed by atoms with Crippen LogP contribution in [0.15, 0.2) is 78.1 Å². The third kappa shape index (κ3) is 4.78. The van der Waals surface area contributed by atoms with E-state index in [1.165, 1.54) is 11.3 Å². The van der Waals surface area contributed by atoms with Gasteiger partial charge < -0.3 is 9.47 Å². The molecule has 0 saturated heterocycles. The summed E-state index contributed by atoms with van der Waals surface area (Å²) >= 11 is 14.3. The van der Waals surface area contributed by atoms with Gasteiger partial charge in [0.1, 0.15) is 19.0 Å². The second kappa shape index (κ2) is 10.1. The largest absolute Gasteiger partial charge is 0.490 e. The fourth-order valence-electron chi connectivity index (χ4n) is 3.83. The summed E-state index contributed by atoms with van der Waals surface area (Å²) in [6, 6.07) is 18.8. The zero-order valence-corrected chi connectivity index (χ0v) is 20.9.